The first-order valence-corrected chi connectivity index (χ1v) is 9.96. The van der Waals surface area contributed by atoms with Gasteiger partial charge >= 0.3 is 12.1 Å². The van der Waals surface area contributed by atoms with Crippen LogP contribution in [0.4, 0.5) is 21.0 Å². The molecule has 2 bridgehead atoms. The van der Waals surface area contributed by atoms with Crippen molar-refractivity contribution in [3.05, 3.63) is 18.2 Å². The third-order valence-electron chi connectivity index (χ3n) is 7.59. The highest BCUT2D eigenvalue weighted by Crippen LogP contribution is 2.65. The van der Waals surface area contributed by atoms with Crippen LogP contribution in [0.1, 0.15) is 40.0 Å². The third kappa shape index (κ3) is 2.79. The molecule has 7 heteroatoms. The van der Waals surface area contributed by atoms with E-state index in [1.54, 1.807) is 25.3 Å². The third-order valence-corrected chi connectivity index (χ3v) is 7.59. The molecular formula is C21H29N3O4. The standard InChI is InChI=1S/C21H29N3O4/c1-20(2)13-7-8-21(20,3)17(11-13)23-18(25)22-14-5-6-15(16(12-14)27-4)24-9-10-28-19(24)26/h5-6,12-13,17H,7-11H2,1-4H3,(H2,22,23,25)/t13-,17-,21-/m1/s1. The molecule has 3 atom stereocenters. The summed E-state index contributed by atoms with van der Waals surface area (Å²) in [6.45, 7) is 7.81. The highest BCUT2D eigenvalue weighted by atomic mass is 16.6. The molecule has 1 heterocycles. The SMILES string of the molecule is COc1cc(NC(=O)N[C@@H]2C[C@H]3CC[C@@]2(C)C3(C)C)ccc1N1CCOC1=O. The fourth-order valence-corrected chi connectivity index (χ4v) is 5.34. The zero-order chi connectivity index (χ0) is 20.1. The summed E-state index contributed by atoms with van der Waals surface area (Å²) in [6.07, 6.45) is 3.06. The number of rotatable bonds is 4. The van der Waals surface area contributed by atoms with Crippen LogP contribution in [0.25, 0.3) is 0 Å². The number of methoxy groups -OCH3 is 1. The van der Waals surface area contributed by atoms with Gasteiger partial charge in [0, 0.05) is 17.8 Å². The van der Waals surface area contributed by atoms with Crippen molar-refractivity contribution < 1.29 is 19.1 Å². The minimum atomic E-state index is -0.385. The van der Waals surface area contributed by atoms with Crippen LogP contribution in [-0.4, -0.2) is 38.4 Å². The highest BCUT2D eigenvalue weighted by Gasteiger charge is 2.61. The molecule has 3 fully saturated rings. The van der Waals surface area contributed by atoms with Gasteiger partial charge in [0.15, 0.2) is 0 Å². The summed E-state index contributed by atoms with van der Waals surface area (Å²) in [5.41, 5.74) is 1.64. The van der Waals surface area contributed by atoms with Gasteiger partial charge in [-0.2, -0.15) is 0 Å². The van der Waals surface area contributed by atoms with Crippen LogP contribution in [0.3, 0.4) is 0 Å². The van der Waals surface area contributed by atoms with Crippen molar-refractivity contribution in [2.24, 2.45) is 16.7 Å². The second-order valence-electron chi connectivity index (χ2n) is 8.91. The van der Waals surface area contributed by atoms with Crippen molar-refractivity contribution in [1.82, 2.24) is 5.32 Å². The molecule has 3 aliphatic rings. The number of carbonyl (C=O) groups excluding carboxylic acids is 2. The quantitative estimate of drug-likeness (QED) is 0.819. The van der Waals surface area contributed by atoms with Gasteiger partial charge in [-0.1, -0.05) is 20.8 Å². The van der Waals surface area contributed by atoms with Gasteiger partial charge in [-0.25, -0.2) is 9.59 Å². The summed E-state index contributed by atoms with van der Waals surface area (Å²) in [5.74, 6) is 1.19. The van der Waals surface area contributed by atoms with Crippen molar-refractivity contribution in [3.63, 3.8) is 0 Å². The van der Waals surface area contributed by atoms with E-state index in [1.807, 2.05) is 0 Å². The second kappa shape index (κ2) is 6.57. The molecule has 0 aromatic heterocycles. The van der Waals surface area contributed by atoms with Crippen LogP contribution < -0.4 is 20.3 Å². The Morgan fingerprint density at radius 1 is 1.32 bits per heavy atom. The lowest BCUT2D eigenvalue weighted by Crippen LogP contribution is -2.48. The molecule has 4 rings (SSSR count). The molecule has 1 aromatic rings. The number of nitrogens with one attached hydrogen (secondary N) is 2. The summed E-state index contributed by atoms with van der Waals surface area (Å²) in [5, 5.41) is 6.11. The lowest BCUT2D eigenvalue weighted by Gasteiger charge is -2.39. The monoisotopic (exact) mass is 387 g/mol. The lowest BCUT2D eigenvalue weighted by molar-refractivity contribution is 0.125. The minimum absolute atomic E-state index is 0.132. The Morgan fingerprint density at radius 2 is 2.11 bits per heavy atom. The van der Waals surface area contributed by atoms with E-state index in [4.69, 9.17) is 9.47 Å². The minimum Gasteiger partial charge on any atom is -0.494 e. The molecule has 0 spiro atoms. The van der Waals surface area contributed by atoms with Gasteiger partial charge in [0.05, 0.1) is 19.3 Å². The molecule has 28 heavy (non-hydrogen) atoms. The molecule has 1 aromatic carbocycles. The number of hydrogen-bond donors (Lipinski definition) is 2. The molecule has 2 aliphatic carbocycles. The normalized spacial score (nSPS) is 30.3. The van der Waals surface area contributed by atoms with E-state index in [0.717, 1.165) is 12.8 Å². The maximum Gasteiger partial charge on any atom is 0.414 e. The zero-order valence-electron chi connectivity index (χ0n) is 17.0. The number of fused-ring (bicyclic) bond motifs is 2. The van der Waals surface area contributed by atoms with Crippen LogP contribution in [0, 0.1) is 16.7 Å². The summed E-state index contributed by atoms with van der Waals surface area (Å²) < 4.78 is 10.4. The van der Waals surface area contributed by atoms with E-state index < -0.39 is 0 Å². The first kappa shape index (κ1) is 18.9. The molecule has 7 nitrogen and oxygen atoms in total. The topological polar surface area (TPSA) is 79.9 Å². The van der Waals surface area contributed by atoms with Crippen molar-refractivity contribution in [2.75, 3.05) is 30.5 Å². The first-order chi connectivity index (χ1) is 13.3. The number of anilines is 2. The molecule has 1 aliphatic heterocycles. The lowest BCUT2D eigenvalue weighted by atomic mass is 9.69. The molecule has 1 saturated heterocycles. The molecule has 0 radical (unpaired) electrons. The van der Waals surface area contributed by atoms with E-state index in [-0.39, 0.29) is 29.0 Å². The Kier molecular flexibility index (Phi) is 4.43. The Labute approximate surface area is 165 Å². The Hall–Kier alpha value is -2.44. The maximum atomic E-state index is 12.6. The van der Waals surface area contributed by atoms with Gasteiger partial charge in [0.1, 0.15) is 12.4 Å². The van der Waals surface area contributed by atoms with Crippen LogP contribution in [0.5, 0.6) is 5.75 Å². The number of hydrogen-bond acceptors (Lipinski definition) is 4. The van der Waals surface area contributed by atoms with E-state index in [2.05, 4.69) is 31.4 Å². The van der Waals surface area contributed by atoms with Gasteiger partial charge < -0.3 is 20.1 Å². The van der Waals surface area contributed by atoms with Crippen LogP contribution in [0.2, 0.25) is 0 Å². The largest absolute Gasteiger partial charge is 0.494 e. The number of benzene rings is 1. The van der Waals surface area contributed by atoms with Crippen molar-refractivity contribution >= 4 is 23.5 Å². The summed E-state index contributed by atoms with van der Waals surface area (Å²) in [6, 6.07) is 5.25. The average molecular weight is 387 g/mol. The van der Waals surface area contributed by atoms with E-state index in [9.17, 15) is 9.59 Å². The number of urea groups is 1. The first-order valence-electron chi connectivity index (χ1n) is 9.96. The molecule has 152 valence electrons. The second-order valence-corrected chi connectivity index (χ2v) is 8.91. The predicted octanol–water partition coefficient (Wildman–Crippen LogP) is 3.99. The van der Waals surface area contributed by atoms with Crippen LogP contribution >= 0.6 is 0 Å². The van der Waals surface area contributed by atoms with Crippen LogP contribution in [-0.2, 0) is 4.74 Å². The maximum absolute atomic E-state index is 12.6. The number of cyclic esters (lactones) is 1. The number of amides is 3. The van der Waals surface area contributed by atoms with Crippen molar-refractivity contribution in [2.45, 2.75) is 46.1 Å². The van der Waals surface area contributed by atoms with Crippen LogP contribution in [0.15, 0.2) is 18.2 Å². The zero-order valence-corrected chi connectivity index (χ0v) is 17.0. The average Bonchev–Trinajstić information content (AvgIpc) is 3.22. The molecule has 3 amide bonds. The smallest absolute Gasteiger partial charge is 0.414 e. The van der Waals surface area contributed by atoms with Crippen molar-refractivity contribution in [3.8, 4) is 5.75 Å². The van der Waals surface area contributed by atoms with Gasteiger partial charge in [-0.05, 0) is 48.1 Å². The molecular weight excluding hydrogens is 358 g/mol. The van der Waals surface area contributed by atoms with E-state index in [0.29, 0.717) is 36.2 Å². The van der Waals surface area contributed by atoms with Gasteiger partial charge in [0.25, 0.3) is 0 Å². The summed E-state index contributed by atoms with van der Waals surface area (Å²) >= 11 is 0. The van der Waals surface area contributed by atoms with Gasteiger partial charge in [-0.3, -0.25) is 4.90 Å². The molecule has 0 unspecified atom stereocenters. The van der Waals surface area contributed by atoms with E-state index in [1.165, 1.54) is 11.3 Å². The van der Waals surface area contributed by atoms with E-state index >= 15 is 0 Å². The van der Waals surface area contributed by atoms with Gasteiger partial charge in [0.2, 0.25) is 0 Å². The Balaban J connectivity index is 1.45. The molecule has 2 saturated carbocycles. The summed E-state index contributed by atoms with van der Waals surface area (Å²) in [7, 11) is 1.54. The van der Waals surface area contributed by atoms with Gasteiger partial charge in [-0.15, -0.1) is 0 Å². The highest BCUT2D eigenvalue weighted by molar-refractivity contribution is 5.93. The number of nitrogens with zero attached hydrogens (tertiary/aromatic N) is 1. The fraction of sp³-hybridized carbons (Fsp3) is 0.619. The van der Waals surface area contributed by atoms with Crippen molar-refractivity contribution in [1.29, 1.82) is 0 Å². The Morgan fingerprint density at radius 3 is 2.68 bits per heavy atom. The summed E-state index contributed by atoms with van der Waals surface area (Å²) in [4.78, 5) is 26.0. The number of carbonyl (C=O) groups is 2. The predicted molar refractivity (Wildman–Crippen MR) is 107 cm³/mol. The Bertz CT molecular complexity index is 809. The molecule has 2 N–H and O–H groups in total. The number of ether oxygens (including phenoxy) is 2. The fourth-order valence-electron chi connectivity index (χ4n) is 5.34.